The van der Waals surface area contributed by atoms with Crippen molar-refractivity contribution in [2.75, 3.05) is 0 Å². The lowest BCUT2D eigenvalue weighted by molar-refractivity contribution is 0.185. The fraction of sp³-hybridized carbons (Fsp3) is 0.333. The molecule has 0 amide bonds. The Bertz CT molecular complexity index is 540. The monoisotopic (exact) mass is 312 g/mol. The molecule has 5 nitrogen and oxygen atoms in total. The zero-order chi connectivity index (χ0) is 13.1. The highest BCUT2D eigenvalue weighted by molar-refractivity contribution is 9.10. The maximum Gasteiger partial charge on any atom is 0.264 e. The number of rotatable bonds is 4. The second-order valence-electron chi connectivity index (χ2n) is 3.88. The van der Waals surface area contributed by atoms with Crippen LogP contribution in [0.15, 0.2) is 27.2 Å². The Hall–Kier alpha value is -1.40. The summed E-state index contributed by atoms with van der Waals surface area (Å²) in [5.74, 6) is 1.57. The molecule has 1 atom stereocenters. The van der Waals surface area contributed by atoms with Crippen LogP contribution in [0.25, 0.3) is 0 Å². The molecule has 6 heteroatoms. The van der Waals surface area contributed by atoms with Crippen LogP contribution in [0.3, 0.4) is 0 Å². The zero-order valence-electron chi connectivity index (χ0n) is 10.1. The van der Waals surface area contributed by atoms with Gasteiger partial charge in [0.15, 0.2) is 12.4 Å². The van der Waals surface area contributed by atoms with E-state index in [1.54, 1.807) is 19.9 Å². The van der Waals surface area contributed by atoms with Crippen LogP contribution in [0.4, 0.5) is 0 Å². The number of benzene rings is 1. The van der Waals surface area contributed by atoms with E-state index >= 15 is 0 Å². The first-order valence-electron chi connectivity index (χ1n) is 5.46. The number of hydrogen-bond acceptors (Lipinski definition) is 5. The van der Waals surface area contributed by atoms with Gasteiger partial charge in [-0.1, -0.05) is 27.2 Å². The Balaban J connectivity index is 2.15. The van der Waals surface area contributed by atoms with Gasteiger partial charge in [-0.3, -0.25) is 0 Å². The van der Waals surface area contributed by atoms with Crippen LogP contribution in [-0.2, 0) is 6.61 Å². The van der Waals surface area contributed by atoms with Crippen molar-refractivity contribution < 1.29 is 14.4 Å². The van der Waals surface area contributed by atoms with Gasteiger partial charge in [0.25, 0.3) is 5.89 Å². The van der Waals surface area contributed by atoms with Gasteiger partial charge in [0.05, 0.1) is 6.10 Å². The van der Waals surface area contributed by atoms with E-state index in [1.165, 1.54) is 0 Å². The smallest absolute Gasteiger partial charge is 0.264 e. The first-order chi connectivity index (χ1) is 8.56. The predicted octanol–water partition coefficient (Wildman–Crippen LogP) is 2.77. The topological polar surface area (TPSA) is 68.4 Å². The van der Waals surface area contributed by atoms with Crippen molar-refractivity contribution in [1.29, 1.82) is 0 Å². The molecular formula is C12H13BrN2O3. The largest absolute Gasteiger partial charge is 0.483 e. The van der Waals surface area contributed by atoms with E-state index < -0.39 is 6.10 Å². The van der Waals surface area contributed by atoms with Crippen molar-refractivity contribution >= 4 is 15.9 Å². The minimum Gasteiger partial charge on any atom is -0.483 e. The highest BCUT2D eigenvalue weighted by Crippen LogP contribution is 2.29. The minimum absolute atomic E-state index is 0.178. The molecular weight excluding hydrogens is 300 g/mol. The standard InChI is InChI=1S/C12H13BrN2O3/c1-7(16)10-4-3-9(13)5-11(10)17-6-12-14-8(2)15-18-12/h3-5,7,16H,6H2,1-2H3/t7-/m0/s1. The summed E-state index contributed by atoms with van der Waals surface area (Å²) >= 11 is 3.36. The molecule has 0 aliphatic heterocycles. The van der Waals surface area contributed by atoms with Crippen LogP contribution in [-0.4, -0.2) is 15.2 Å². The Labute approximate surface area is 113 Å². The molecule has 0 fully saturated rings. The van der Waals surface area contributed by atoms with Crippen LogP contribution >= 0.6 is 15.9 Å². The molecule has 1 N–H and O–H groups in total. The molecule has 0 saturated heterocycles. The minimum atomic E-state index is -0.600. The Kier molecular flexibility index (Phi) is 3.98. The number of halogens is 1. The summed E-state index contributed by atoms with van der Waals surface area (Å²) in [6.45, 7) is 3.61. The van der Waals surface area contributed by atoms with Gasteiger partial charge in [-0.05, 0) is 26.0 Å². The third-order valence-electron chi connectivity index (χ3n) is 2.35. The third kappa shape index (κ3) is 3.08. The summed E-state index contributed by atoms with van der Waals surface area (Å²) in [4.78, 5) is 4.05. The molecule has 1 aromatic carbocycles. The first kappa shape index (κ1) is 13.0. The third-order valence-corrected chi connectivity index (χ3v) is 2.84. The molecule has 96 valence electrons. The van der Waals surface area contributed by atoms with Gasteiger partial charge < -0.3 is 14.4 Å². The summed E-state index contributed by atoms with van der Waals surface area (Å²) < 4.78 is 11.4. The average molecular weight is 313 g/mol. The lowest BCUT2D eigenvalue weighted by Gasteiger charge is -2.12. The normalized spacial score (nSPS) is 12.4. The number of nitrogens with zero attached hydrogens (tertiary/aromatic N) is 2. The molecule has 2 aromatic rings. The number of hydrogen-bond donors (Lipinski definition) is 1. The highest BCUT2D eigenvalue weighted by Gasteiger charge is 2.11. The Morgan fingerprint density at radius 1 is 1.50 bits per heavy atom. The van der Waals surface area contributed by atoms with E-state index in [2.05, 4.69) is 26.1 Å². The van der Waals surface area contributed by atoms with Gasteiger partial charge in [0.2, 0.25) is 0 Å². The molecule has 1 aromatic heterocycles. The predicted molar refractivity (Wildman–Crippen MR) is 68.1 cm³/mol. The fourth-order valence-corrected chi connectivity index (χ4v) is 1.86. The van der Waals surface area contributed by atoms with Crippen molar-refractivity contribution in [3.05, 3.63) is 40.0 Å². The van der Waals surface area contributed by atoms with E-state index in [-0.39, 0.29) is 6.61 Å². The van der Waals surface area contributed by atoms with Gasteiger partial charge >= 0.3 is 0 Å². The van der Waals surface area contributed by atoms with E-state index in [9.17, 15) is 5.11 Å². The van der Waals surface area contributed by atoms with E-state index in [0.717, 1.165) is 10.0 Å². The molecule has 18 heavy (non-hydrogen) atoms. The summed E-state index contributed by atoms with van der Waals surface area (Å²) in [6.07, 6.45) is -0.600. The van der Waals surface area contributed by atoms with E-state index in [4.69, 9.17) is 9.26 Å². The summed E-state index contributed by atoms with van der Waals surface area (Å²) in [5.41, 5.74) is 0.717. The maximum atomic E-state index is 9.65. The average Bonchev–Trinajstić information content (AvgIpc) is 2.72. The molecule has 0 saturated carbocycles. The van der Waals surface area contributed by atoms with Crippen LogP contribution in [0.1, 0.15) is 30.3 Å². The number of ether oxygens (including phenoxy) is 1. The second kappa shape index (κ2) is 5.49. The number of aliphatic hydroxyl groups is 1. The van der Waals surface area contributed by atoms with Crippen molar-refractivity contribution in [3.63, 3.8) is 0 Å². The van der Waals surface area contributed by atoms with Crippen LogP contribution in [0.5, 0.6) is 5.75 Å². The molecule has 0 spiro atoms. The molecule has 2 rings (SSSR count). The van der Waals surface area contributed by atoms with Gasteiger partial charge in [-0.15, -0.1) is 0 Å². The quantitative estimate of drug-likeness (QED) is 0.940. The van der Waals surface area contributed by atoms with Crippen LogP contribution in [0, 0.1) is 6.92 Å². The van der Waals surface area contributed by atoms with E-state index in [1.807, 2.05) is 12.1 Å². The SMILES string of the molecule is Cc1noc(COc2cc(Br)ccc2[C@H](C)O)n1. The van der Waals surface area contributed by atoms with Gasteiger partial charge in [0, 0.05) is 10.0 Å². The van der Waals surface area contributed by atoms with Crippen molar-refractivity contribution in [2.24, 2.45) is 0 Å². The Morgan fingerprint density at radius 3 is 2.89 bits per heavy atom. The summed E-state index contributed by atoms with van der Waals surface area (Å²) in [5, 5.41) is 13.3. The fourth-order valence-electron chi connectivity index (χ4n) is 1.52. The summed E-state index contributed by atoms with van der Waals surface area (Å²) in [6, 6.07) is 5.46. The highest BCUT2D eigenvalue weighted by atomic mass is 79.9. The van der Waals surface area contributed by atoms with Crippen LogP contribution in [0.2, 0.25) is 0 Å². The maximum absolute atomic E-state index is 9.65. The van der Waals surface area contributed by atoms with Gasteiger partial charge in [-0.25, -0.2) is 0 Å². The lowest BCUT2D eigenvalue weighted by Crippen LogP contribution is -2.01. The van der Waals surface area contributed by atoms with Crippen molar-refractivity contribution in [2.45, 2.75) is 26.6 Å². The molecule has 0 aliphatic carbocycles. The molecule has 0 bridgehead atoms. The Morgan fingerprint density at radius 2 is 2.28 bits per heavy atom. The van der Waals surface area contributed by atoms with Crippen molar-refractivity contribution in [1.82, 2.24) is 10.1 Å². The first-order valence-corrected chi connectivity index (χ1v) is 6.25. The lowest BCUT2D eigenvalue weighted by atomic mass is 10.1. The molecule has 1 heterocycles. The van der Waals surface area contributed by atoms with Gasteiger partial charge in [0.1, 0.15) is 5.75 Å². The molecule has 0 unspecified atom stereocenters. The zero-order valence-corrected chi connectivity index (χ0v) is 11.6. The summed E-state index contributed by atoms with van der Waals surface area (Å²) in [7, 11) is 0. The number of aryl methyl sites for hydroxylation is 1. The van der Waals surface area contributed by atoms with Crippen molar-refractivity contribution in [3.8, 4) is 5.75 Å². The molecule has 0 aliphatic rings. The molecule has 0 radical (unpaired) electrons. The second-order valence-corrected chi connectivity index (χ2v) is 4.80. The number of aliphatic hydroxyl groups excluding tert-OH is 1. The van der Waals surface area contributed by atoms with Crippen LogP contribution < -0.4 is 4.74 Å². The number of aromatic nitrogens is 2. The van der Waals surface area contributed by atoms with E-state index in [0.29, 0.717) is 17.5 Å². The van der Waals surface area contributed by atoms with Gasteiger partial charge in [-0.2, -0.15) is 4.98 Å².